The fourth-order valence-corrected chi connectivity index (χ4v) is 3.45. The number of rotatable bonds is 0. The van der Waals surface area contributed by atoms with Gasteiger partial charge in [0.1, 0.15) is 0 Å². The predicted octanol–water partition coefficient (Wildman–Crippen LogP) is 3.68. The van der Waals surface area contributed by atoms with Gasteiger partial charge in [-0.05, 0) is 31.7 Å². The lowest BCUT2D eigenvalue weighted by molar-refractivity contribution is 0.0748. The van der Waals surface area contributed by atoms with E-state index < -0.39 is 0 Å². The molecule has 1 aromatic rings. The second-order valence-corrected chi connectivity index (χ2v) is 5.51. The molecule has 0 radical (unpaired) electrons. The van der Waals surface area contributed by atoms with Gasteiger partial charge < -0.3 is 0 Å². The molecule has 0 atom stereocenters. The Morgan fingerprint density at radius 3 is 2.62 bits per heavy atom. The zero-order valence-corrected chi connectivity index (χ0v) is 9.88. The molecule has 3 rings (SSSR count). The number of carbonyl (C=O) groups excluding carboxylic acids is 1. The van der Waals surface area contributed by atoms with Gasteiger partial charge in [-0.2, -0.15) is 0 Å². The van der Waals surface area contributed by atoms with E-state index in [-0.39, 0.29) is 5.41 Å². The molecule has 84 valence electrons. The van der Waals surface area contributed by atoms with Gasteiger partial charge in [-0.1, -0.05) is 43.0 Å². The van der Waals surface area contributed by atoms with Crippen molar-refractivity contribution in [3.63, 3.8) is 0 Å². The van der Waals surface area contributed by atoms with Crippen LogP contribution in [0.4, 0.5) is 0 Å². The third kappa shape index (κ3) is 1.34. The number of benzene rings is 1. The third-order valence-corrected chi connectivity index (χ3v) is 4.33. The van der Waals surface area contributed by atoms with Gasteiger partial charge in [-0.15, -0.1) is 0 Å². The first kappa shape index (κ1) is 10.1. The van der Waals surface area contributed by atoms with Crippen molar-refractivity contribution in [2.24, 2.45) is 5.41 Å². The molecule has 0 aromatic heterocycles. The van der Waals surface area contributed by atoms with Crippen LogP contribution in [0.15, 0.2) is 18.2 Å². The predicted molar refractivity (Wildman–Crippen MR) is 64.7 cm³/mol. The van der Waals surface area contributed by atoms with Crippen LogP contribution in [0.2, 0.25) is 0 Å². The van der Waals surface area contributed by atoms with Crippen molar-refractivity contribution >= 4 is 5.78 Å². The Kier molecular flexibility index (Phi) is 2.17. The molecule has 0 N–H and O–H groups in total. The number of hydrogen-bond donors (Lipinski definition) is 0. The van der Waals surface area contributed by atoms with Crippen LogP contribution in [0.25, 0.3) is 0 Å². The maximum atomic E-state index is 12.5. The average Bonchev–Trinajstić information content (AvgIpc) is 2.53. The normalized spacial score (nSPS) is 22.4. The molecule has 1 aromatic carbocycles. The molecule has 1 spiro atoms. The Labute approximate surface area is 96.9 Å². The molecule has 2 aliphatic rings. The number of carbonyl (C=O) groups is 1. The summed E-state index contributed by atoms with van der Waals surface area (Å²) in [7, 11) is 0. The first-order valence-corrected chi connectivity index (χ1v) is 6.36. The largest absolute Gasteiger partial charge is 0.294 e. The standard InChI is InChI=1S/C15H18O/c1-11-5-6-13-12(9-11)10-15(14(13)16)7-3-2-4-8-15/h5-6,9H,2-4,7-8,10H2,1H3. The van der Waals surface area contributed by atoms with Crippen LogP contribution in [0, 0.1) is 12.3 Å². The van der Waals surface area contributed by atoms with Crippen LogP contribution >= 0.6 is 0 Å². The second kappa shape index (κ2) is 3.44. The Morgan fingerprint density at radius 1 is 1.12 bits per heavy atom. The lowest BCUT2D eigenvalue weighted by atomic mass is 9.71. The summed E-state index contributed by atoms with van der Waals surface area (Å²) < 4.78 is 0. The summed E-state index contributed by atoms with van der Waals surface area (Å²) in [6.45, 7) is 2.11. The lowest BCUT2D eigenvalue weighted by Gasteiger charge is -2.31. The van der Waals surface area contributed by atoms with Gasteiger partial charge in [-0.25, -0.2) is 0 Å². The molecule has 0 saturated heterocycles. The van der Waals surface area contributed by atoms with E-state index in [0.29, 0.717) is 5.78 Å². The fraction of sp³-hybridized carbons (Fsp3) is 0.533. The van der Waals surface area contributed by atoms with Gasteiger partial charge in [0.05, 0.1) is 0 Å². The highest BCUT2D eigenvalue weighted by Gasteiger charge is 2.45. The van der Waals surface area contributed by atoms with Crippen LogP contribution in [-0.4, -0.2) is 5.78 Å². The Bertz CT molecular complexity index is 439. The smallest absolute Gasteiger partial charge is 0.169 e. The lowest BCUT2D eigenvalue weighted by Crippen LogP contribution is -2.30. The summed E-state index contributed by atoms with van der Waals surface area (Å²) in [5.74, 6) is 0.433. The van der Waals surface area contributed by atoms with Crippen molar-refractivity contribution in [2.45, 2.75) is 45.4 Å². The zero-order chi connectivity index (χ0) is 11.2. The molecule has 1 heteroatoms. The maximum absolute atomic E-state index is 12.5. The molecular weight excluding hydrogens is 196 g/mol. The third-order valence-electron chi connectivity index (χ3n) is 4.33. The molecule has 1 saturated carbocycles. The van der Waals surface area contributed by atoms with Crippen molar-refractivity contribution in [1.82, 2.24) is 0 Å². The molecule has 0 amide bonds. The number of Topliss-reactive ketones (excluding diaryl/α,β-unsaturated/α-hetero) is 1. The molecule has 0 unspecified atom stereocenters. The van der Waals surface area contributed by atoms with E-state index in [2.05, 4.69) is 19.1 Å². The van der Waals surface area contributed by atoms with Crippen LogP contribution in [0.5, 0.6) is 0 Å². The summed E-state index contributed by atoms with van der Waals surface area (Å²) in [4.78, 5) is 12.5. The zero-order valence-electron chi connectivity index (χ0n) is 9.88. The molecule has 0 aliphatic heterocycles. The molecular formula is C15H18O. The van der Waals surface area contributed by atoms with Crippen LogP contribution in [-0.2, 0) is 6.42 Å². The van der Waals surface area contributed by atoms with Crippen molar-refractivity contribution in [3.05, 3.63) is 34.9 Å². The molecule has 0 heterocycles. The highest BCUT2D eigenvalue weighted by molar-refractivity contribution is 6.05. The minimum Gasteiger partial charge on any atom is -0.294 e. The minimum atomic E-state index is -0.00558. The quantitative estimate of drug-likeness (QED) is 0.643. The average molecular weight is 214 g/mol. The second-order valence-electron chi connectivity index (χ2n) is 5.51. The highest BCUT2D eigenvalue weighted by atomic mass is 16.1. The van der Waals surface area contributed by atoms with Crippen LogP contribution in [0.1, 0.15) is 53.6 Å². The first-order valence-electron chi connectivity index (χ1n) is 6.36. The van der Waals surface area contributed by atoms with Crippen molar-refractivity contribution < 1.29 is 4.79 Å². The van der Waals surface area contributed by atoms with E-state index in [9.17, 15) is 4.79 Å². The molecule has 1 nitrogen and oxygen atoms in total. The van der Waals surface area contributed by atoms with Crippen molar-refractivity contribution in [1.29, 1.82) is 0 Å². The molecule has 2 aliphatic carbocycles. The summed E-state index contributed by atoms with van der Waals surface area (Å²) in [6, 6.07) is 6.31. The Balaban J connectivity index is 2.02. The number of ketones is 1. The Morgan fingerprint density at radius 2 is 1.88 bits per heavy atom. The van der Waals surface area contributed by atoms with Crippen molar-refractivity contribution in [3.8, 4) is 0 Å². The van der Waals surface area contributed by atoms with E-state index in [1.807, 2.05) is 6.07 Å². The SMILES string of the molecule is Cc1ccc2c(c1)CC1(CCCCC1)C2=O. The summed E-state index contributed by atoms with van der Waals surface area (Å²) in [5, 5.41) is 0. The van der Waals surface area contributed by atoms with E-state index in [1.165, 1.54) is 30.4 Å². The van der Waals surface area contributed by atoms with Gasteiger partial charge in [0.2, 0.25) is 0 Å². The van der Waals surface area contributed by atoms with Gasteiger partial charge in [0.15, 0.2) is 5.78 Å². The number of fused-ring (bicyclic) bond motifs is 1. The monoisotopic (exact) mass is 214 g/mol. The molecule has 16 heavy (non-hydrogen) atoms. The molecule has 0 bridgehead atoms. The topological polar surface area (TPSA) is 17.1 Å². The van der Waals surface area contributed by atoms with Gasteiger partial charge in [0, 0.05) is 11.0 Å². The fourth-order valence-electron chi connectivity index (χ4n) is 3.45. The van der Waals surface area contributed by atoms with E-state index in [4.69, 9.17) is 0 Å². The summed E-state index contributed by atoms with van der Waals surface area (Å²) >= 11 is 0. The van der Waals surface area contributed by atoms with E-state index >= 15 is 0 Å². The van der Waals surface area contributed by atoms with E-state index in [1.54, 1.807) is 0 Å². The summed E-state index contributed by atoms with van der Waals surface area (Å²) in [5.41, 5.74) is 3.58. The van der Waals surface area contributed by atoms with Crippen LogP contribution in [0.3, 0.4) is 0 Å². The van der Waals surface area contributed by atoms with Crippen molar-refractivity contribution in [2.75, 3.05) is 0 Å². The first-order chi connectivity index (χ1) is 7.71. The van der Waals surface area contributed by atoms with Gasteiger partial charge >= 0.3 is 0 Å². The minimum absolute atomic E-state index is 0.00558. The number of hydrogen-bond acceptors (Lipinski definition) is 1. The highest BCUT2D eigenvalue weighted by Crippen LogP contribution is 2.47. The van der Waals surface area contributed by atoms with Gasteiger partial charge in [0.25, 0.3) is 0 Å². The molecule has 1 fully saturated rings. The Hall–Kier alpha value is -1.11. The van der Waals surface area contributed by atoms with E-state index in [0.717, 1.165) is 24.8 Å². The van der Waals surface area contributed by atoms with Gasteiger partial charge in [-0.3, -0.25) is 4.79 Å². The number of aryl methyl sites for hydroxylation is 1. The summed E-state index contributed by atoms with van der Waals surface area (Å²) in [6.07, 6.45) is 7.00. The maximum Gasteiger partial charge on any atom is 0.169 e. The van der Waals surface area contributed by atoms with Crippen LogP contribution < -0.4 is 0 Å².